The summed E-state index contributed by atoms with van der Waals surface area (Å²) in [5.41, 5.74) is 1.81. The van der Waals surface area contributed by atoms with E-state index in [9.17, 15) is 0 Å². The molecule has 1 saturated carbocycles. The number of halogens is 1. The molecule has 1 unspecified atom stereocenters. The third-order valence-electron chi connectivity index (χ3n) is 4.17. The normalized spacial score (nSPS) is 19.6. The molecule has 0 radical (unpaired) electrons. The molecule has 2 nitrogen and oxygen atoms in total. The number of hydrogen-bond acceptors (Lipinski definition) is 2. The molecular weight excluding hydrogens is 288 g/mol. The van der Waals surface area contributed by atoms with Gasteiger partial charge in [-0.1, -0.05) is 40.5 Å². The highest BCUT2D eigenvalue weighted by molar-refractivity contribution is 9.10. The van der Waals surface area contributed by atoms with Crippen molar-refractivity contribution in [3.8, 4) is 0 Å². The fourth-order valence-corrected chi connectivity index (χ4v) is 3.88. The van der Waals surface area contributed by atoms with Crippen LogP contribution in [-0.4, -0.2) is 32.6 Å². The number of nitrogens with zero attached hydrogens (tertiary/aromatic N) is 1. The second-order valence-corrected chi connectivity index (χ2v) is 6.49. The van der Waals surface area contributed by atoms with Gasteiger partial charge in [-0.15, -0.1) is 0 Å². The monoisotopic (exact) mass is 310 g/mol. The zero-order valence-electron chi connectivity index (χ0n) is 11.5. The Labute approximate surface area is 119 Å². The van der Waals surface area contributed by atoms with Crippen molar-refractivity contribution in [3.05, 3.63) is 34.3 Å². The van der Waals surface area contributed by atoms with Crippen molar-refractivity contribution in [2.75, 3.05) is 27.7 Å². The summed E-state index contributed by atoms with van der Waals surface area (Å²) in [6, 6.07) is 9.12. The van der Waals surface area contributed by atoms with Crippen molar-refractivity contribution in [3.63, 3.8) is 0 Å². The molecule has 0 bridgehead atoms. The lowest BCUT2D eigenvalue weighted by Crippen LogP contribution is -2.48. The van der Waals surface area contributed by atoms with Gasteiger partial charge in [-0.05, 0) is 45.6 Å². The maximum Gasteiger partial charge on any atom is 0.0421 e. The number of nitrogens with one attached hydrogen (secondary N) is 1. The quantitative estimate of drug-likeness (QED) is 0.896. The van der Waals surface area contributed by atoms with Gasteiger partial charge in [-0.2, -0.15) is 0 Å². The third-order valence-corrected chi connectivity index (χ3v) is 4.90. The summed E-state index contributed by atoms with van der Waals surface area (Å²) in [6.07, 6.45) is 3.99. The largest absolute Gasteiger partial charge is 0.319 e. The van der Waals surface area contributed by atoms with E-state index in [2.05, 4.69) is 71.6 Å². The third kappa shape index (κ3) is 2.49. The summed E-state index contributed by atoms with van der Waals surface area (Å²) in [4.78, 5) is 2.37. The average Bonchev–Trinajstić information content (AvgIpc) is 2.28. The van der Waals surface area contributed by atoms with Gasteiger partial charge in [0.2, 0.25) is 0 Å². The summed E-state index contributed by atoms with van der Waals surface area (Å²) in [5, 5.41) is 3.39. The molecule has 2 rings (SSSR count). The van der Waals surface area contributed by atoms with E-state index in [0.29, 0.717) is 11.5 Å². The second kappa shape index (κ2) is 5.72. The maximum atomic E-state index is 3.71. The highest BCUT2D eigenvalue weighted by Gasteiger charge is 2.45. The van der Waals surface area contributed by atoms with Gasteiger partial charge in [-0.3, -0.25) is 0 Å². The zero-order chi connectivity index (χ0) is 13.2. The number of rotatable bonds is 5. The van der Waals surface area contributed by atoms with Gasteiger partial charge < -0.3 is 10.2 Å². The minimum atomic E-state index is 0.391. The molecular formula is C15H23BrN2. The van der Waals surface area contributed by atoms with Crippen molar-refractivity contribution < 1.29 is 0 Å². The van der Waals surface area contributed by atoms with E-state index in [1.165, 1.54) is 29.3 Å². The molecule has 3 heteroatoms. The molecule has 0 aromatic heterocycles. The maximum absolute atomic E-state index is 3.71. The minimum absolute atomic E-state index is 0.391. The fourth-order valence-electron chi connectivity index (χ4n) is 3.38. The molecule has 1 fully saturated rings. The molecule has 1 aliphatic rings. The van der Waals surface area contributed by atoms with Crippen LogP contribution in [0.25, 0.3) is 0 Å². The molecule has 1 N–H and O–H groups in total. The van der Waals surface area contributed by atoms with Crippen LogP contribution in [0.5, 0.6) is 0 Å². The molecule has 0 amide bonds. The zero-order valence-corrected chi connectivity index (χ0v) is 13.1. The van der Waals surface area contributed by atoms with Gasteiger partial charge in [0.25, 0.3) is 0 Å². The fraction of sp³-hybridized carbons (Fsp3) is 0.600. The van der Waals surface area contributed by atoms with Gasteiger partial charge in [0.1, 0.15) is 0 Å². The molecule has 18 heavy (non-hydrogen) atoms. The molecule has 0 saturated heterocycles. The SMILES string of the molecule is CNCC1(C(c2ccccc2Br)N(C)C)CCC1. The first kappa shape index (κ1) is 14.0. The van der Waals surface area contributed by atoms with Crippen LogP contribution in [-0.2, 0) is 0 Å². The first-order valence-electron chi connectivity index (χ1n) is 6.66. The highest BCUT2D eigenvalue weighted by Crippen LogP contribution is 2.52. The Hall–Kier alpha value is -0.380. The topological polar surface area (TPSA) is 15.3 Å². The van der Waals surface area contributed by atoms with Crippen LogP contribution in [0, 0.1) is 5.41 Å². The molecule has 100 valence electrons. The Morgan fingerprint density at radius 2 is 2.00 bits per heavy atom. The summed E-state index contributed by atoms with van der Waals surface area (Å²) in [6.45, 7) is 1.09. The molecule has 1 aliphatic carbocycles. The second-order valence-electron chi connectivity index (χ2n) is 5.63. The molecule has 1 atom stereocenters. The van der Waals surface area contributed by atoms with Gasteiger partial charge in [0.15, 0.2) is 0 Å². The van der Waals surface area contributed by atoms with Crippen molar-refractivity contribution in [2.45, 2.75) is 25.3 Å². The molecule has 1 aromatic rings. The van der Waals surface area contributed by atoms with E-state index < -0.39 is 0 Å². The van der Waals surface area contributed by atoms with Crippen LogP contribution in [0.4, 0.5) is 0 Å². The van der Waals surface area contributed by atoms with Crippen LogP contribution in [0.2, 0.25) is 0 Å². The van der Waals surface area contributed by atoms with Gasteiger partial charge >= 0.3 is 0 Å². The van der Waals surface area contributed by atoms with E-state index in [0.717, 1.165) is 6.54 Å². The average molecular weight is 311 g/mol. The van der Waals surface area contributed by atoms with E-state index >= 15 is 0 Å². The predicted molar refractivity (Wildman–Crippen MR) is 80.8 cm³/mol. The molecule has 1 aromatic carbocycles. The Kier molecular flexibility index (Phi) is 4.46. The van der Waals surface area contributed by atoms with Crippen LogP contribution in [0.1, 0.15) is 30.9 Å². The van der Waals surface area contributed by atoms with Crippen molar-refractivity contribution in [1.29, 1.82) is 0 Å². The summed E-state index contributed by atoms with van der Waals surface area (Å²) < 4.78 is 1.23. The first-order valence-corrected chi connectivity index (χ1v) is 7.45. The van der Waals surface area contributed by atoms with E-state index in [1.807, 2.05) is 0 Å². The Morgan fingerprint density at radius 3 is 2.44 bits per heavy atom. The molecule has 0 spiro atoms. The van der Waals surface area contributed by atoms with Crippen LogP contribution < -0.4 is 5.32 Å². The Balaban J connectivity index is 2.37. The lowest BCUT2D eigenvalue weighted by atomic mass is 9.62. The smallest absolute Gasteiger partial charge is 0.0421 e. The lowest BCUT2D eigenvalue weighted by molar-refractivity contribution is 0.0212. The van der Waals surface area contributed by atoms with Crippen LogP contribution in [0.15, 0.2) is 28.7 Å². The summed E-state index contributed by atoms with van der Waals surface area (Å²) in [7, 11) is 6.45. The van der Waals surface area contributed by atoms with Gasteiger partial charge in [0, 0.05) is 22.5 Å². The standard InChI is InChI=1S/C15H23BrN2/c1-17-11-15(9-6-10-15)14(18(2)3)12-7-4-5-8-13(12)16/h4-5,7-8,14,17H,6,9-11H2,1-3H3. The van der Waals surface area contributed by atoms with Crippen molar-refractivity contribution >= 4 is 15.9 Å². The molecule has 0 aliphatic heterocycles. The van der Waals surface area contributed by atoms with Gasteiger partial charge in [-0.25, -0.2) is 0 Å². The Morgan fingerprint density at radius 1 is 1.33 bits per heavy atom. The molecule has 0 heterocycles. The predicted octanol–water partition coefficient (Wildman–Crippen LogP) is 3.44. The minimum Gasteiger partial charge on any atom is -0.319 e. The van der Waals surface area contributed by atoms with Crippen molar-refractivity contribution in [1.82, 2.24) is 10.2 Å². The first-order chi connectivity index (χ1) is 8.60. The summed E-state index contributed by atoms with van der Waals surface area (Å²) in [5.74, 6) is 0. The van der Waals surface area contributed by atoms with Crippen LogP contribution >= 0.6 is 15.9 Å². The number of benzene rings is 1. The summed E-state index contributed by atoms with van der Waals surface area (Å²) >= 11 is 3.71. The van der Waals surface area contributed by atoms with Crippen molar-refractivity contribution in [2.24, 2.45) is 5.41 Å². The van der Waals surface area contributed by atoms with E-state index in [1.54, 1.807) is 0 Å². The van der Waals surface area contributed by atoms with Gasteiger partial charge in [0.05, 0.1) is 0 Å². The lowest BCUT2D eigenvalue weighted by Gasteiger charge is -2.50. The Bertz CT molecular complexity index is 399. The van der Waals surface area contributed by atoms with E-state index in [4.69, 9.17) is 0 Å². The number of hydrogen-bond donors (Lipinski definition) is 1. The van der Waals surface area contributed by atoms with Crippen LogP contribution in [0.3, 0.4) is 0 Å². The highest BCUT2D eigenvalue weighted by atomic mass is 79.9. The van der Waals surface area contributed by atoms with E-state index in [-0.39, 0.29) is 0 Å².